The molecule has 0 fully saturated rings. The van der Waals surface area contributed by atoms with Crippen LogP contribution in [0.1, 0.15) is 12.8 Å². The predicted octanol–water partition coefficient (Wildman–Crippen LogP) is 0.861. The van der Waals surface area contributed by atoms with Gasteiger partial charge in [0, 0.05) is 22.7 Å². The average molecular weight is 394 g/mol. The Morgan fingerprint density at radius 1 is 0.682 bits per heavy atom. The van der Waals surface area contributed by atoms with Gasteiger partial charge in [0.2, 0.25) is 20.6 Å². The van der Waals surface area contributed by atoms with Crippen molar-refractivity contribution < 1.29 is 16.8 Å². The van der Waals surface area contributed by atoms with Gasteiger partial charge in [0.05, 0.1) is 9.73 Å². The molecule has 0 aromatic heterocycles. The van der Waals surface area contributed by atoms with E-state index in [0.717, 1.165) is 9.81 Å². The van der Waals surface area contributed by atoms with Gasteiger partial charge in [-0.05, 0) is 24.3 Å². The molecule has 2 rings (SSSR count). The molecule has 0 atom stereocenters. The van der Waals surface area contributed by atoms with Crippen LogP contribution in [0.25, 0.3) is 0 Å². The zero-order valence-electron chi connectivity index (χ0n) is 10.1. The first-order valence-corrected chi connectivity index (χ1v) is 9.87. The number of rotatable bonds is 3. The summed E-state index contributed by atoms with van der Waals surface area (Å²) in [5.74, 6) is 0. The Hall–Kier alpha value is 1.04. The molecule has 0 saturated heterocycles. The Bertz CT molecular complexity index is 729. The van der Waals surface area contributed by atoms with Crippen molar-refractivity contribution in [2.24, 2.45) is 0 Å². The van der Waals surface area contributed by atoms with E-state index in [1.165, 1.54) is 21.6 Å². The summed E-state index contributed by atoms with van der Waals surface area (Å²) in [6.45, 7) is 0. The van der Waals surface area contributed by atoms with E-state index >= 15 is 0 Å². The summed E-state index contributed by atoms with van der Waals surface area (Å²) in [6.07, 6.45) is 11.3. The molecule has 0 aromatic carbocycles. The summed E-state index contributed by atoms with van der Waals surface area (Å²) in [5.41, 5.74) is 0. The molecule has 0 aromatic rings. The van der Waals surface area contributed by atoms with Crippen LogP contribution in [0.5, 0.6) is 0 Å². The van der Waals surface area contributed by atoms with E-state index in [4.69, 9.17) is 0 Å². The standard InChI is InChI=1S/C12H10O4S4.2Na.2H/c13-19(14)11-5-1-9(2-6-11)17-18-10-3-7-12(8-4-10)20(15)16;;;;/h1-5,7H,6,8H2;;;;. The Morgan fingerprint density at radius 2 is 1.05 bits per heavy atom. The first-order chi connectivity index (χ1) is 9.56. The maximum absolute atomic E-state index is 10.8. The second-order valence-electron chi connectivity index (χ2n) is 3.86. The second kappa shape index (κ2) is 11.6. The molecule has 110 valence electrons. The zero-order valence-corrected chi connectivity index (χ0v) is 13.4. The van der Waals surface area contributed by atoms with Crippen molar-refractivity contribution >= 4 is 111 Å². The van der Waals surface area contributed by atoms with E-state index in [9.17, 15) is 16.8 Å². The molecule has 0 saturated carbocycles. The Kier molecular flexibility index (Phi) is 12.1. The van der Waals surface area contributed by atoms with E-state index < -0.39 is 20.6 Å². The van der Waals surface area contributed by atoms with Crippen LogP contribution < -0.4 is 0 Å². The van der Waals surface area contributed by atoms with Gasteiger partial charge in [0.25, 0.3) is 0 Å². The molecular formula is C12H12Na2O4S4. The third kappa shape index (κ3) is 7.29. The minimum absolute atomic E-state index is 0. The van der Waals surface area contributed by atoms with Crippen LogP contribution in [-0.4, -0.2) is 85.7 Å². The summed E-state index contributed by atoms with van der Waals surface area (Å²) < 4.78 is 43.0. The molecule has 0 N–H and O–H groups in total. The fraction of sp³-hybridized carbons (Fsp3) is 0.167. The molecule has 0 radical (unpaired) electrons. The van der Waals surface area contributed by atoms with Crippen molar-refractivity contribution in [3.05, 3.63) is 46.3 Å². The van der Waals surface area contributed by atoms with E-state index in [-0.39, 0.29) is 59.1 Å². The monoisotopic (exact) mass is 394 g/mol. The van der Waals surface area contributed by atoms with Gasteiger partial charge in [-0.2, -0.15) is 16.8 Å². The third-order valence-electron chi connectivity index (χ3n) is 2.54. The molecule has 0 unspecified atom stereocenters. The summed E-state index contributed by atoms with van der Waals surface area (Å²) in [7, 11) is -1.25. The van der Waals surface area contributed by atoms with Gasteiger partial charge in [-0.15, -0.1) is 0 Å². The Labute approximate surface area is 184 Å². The van der Waals surface area contributed by atoms with Crippen LogP contribution in [0.3, 0.4) is 0 Å². The van der Waals surface area contributed by atoms with E-state index in [1.54, 1.807) is 24.3 Å². The SMILES string of the molecule is O=S(=O)=C1C=CC(SSC2=CCC(=S(=O)=O)C=C2)=CC1.[NaH].[NaH]. The molecular weight excluding hydrogens is 382 g/mol. The minimum atomic E-state index is -2.15. The summed E-state index contributed by atoms with van der Waals surface area (Å²) in [6, 6.07) is 0. The van der Waals surface area contributed by atoms with Gasteiger partial charge in [0.1, 0.15) is 0 Å². The number of hydrogen-bond donors (Lipinski definition) is 0. The maximum atomic E-state index is 10.8. The van der Waals surface area contributed by atoms with Gasteiger partial charge >= 0.3 is 59.1 Å². The van der Waals surface area contributed by atoms with Crippen molar-refractivity contribution in [3.8, 4) is 0 Å². The molecule has 4 nitrogen and oxygen atoms in total. The Morgan fingerprint density at radius 3 is 1.27 bits per heavy atom. The first kappa shape index (κ1) is 23.0. The fourth-order valence-electron chi connectivity index (χ4n) is 1.49. The second-order valence-corrected chi connectivity index (χ2v) is 8.12. The van der Waals surface area contributed by atoms with Crippen LogP contribution in [0, 0.1) is 0 Å². The van der Waals surface area contributed by atoms with E-state index in [2.05, 4.69) is 0 Å². The fourth-order valence-corrected chi connectivity index (χ4v) is 4.35. The van der Waals surface area contributed by atoms with Crippen molar-refractivity contribution in [3.63, 3.8) is 0 Å². The predicted molar refractivity (Wildman–Crippen MR) is 101 cm³/mol. The number of allylic oxidation sites excluding steroid dienone is 6. The van der Waals surface area contributed by atoms with Crippen molar-refractivity contribution in [2.75, 3.05) is 0 Å². The molecule has 0 amide bonds. The van der Waals surface area contributed by atoms with Crippen molar-refractivity contribution in [1.82, 2.24) is 0 Å². The molecule has 2 aliphatic rings. The molecule has 0 bridgehead atoms. The molecule has 2 aliphatic carbocycles. The van der Waals surface area contributed by atoms with Gasteiger partial charge in [-0.3, -0.25) is 0 Å². The summed E-state index contributed by atoms with van der Waals surface area (Å²) in [5, 5.41) is 0. The summed E-state index contributed by atoms with van der Waals surface area (Å²) in [4.78, 5) is 2.74. The molecule has 22 heavy (non-hydrogen) atoms. The van der Waals surface area contributed by atoms with Crippen LogP contribution in [0.2, 0.25) is 0 Å². The van der Waals surface area contributed by atoms with Crippen molar-refractivity contribution in [1.29, 1.82) is 0 Å². The topological polar surface area (TPSA) is 68.3 Å². The summed E-state index contributed by atoms with van der Waals surface area (Å²) >= 11 is 0. The normalized spacial score (nSPS) is 16.2. The van der Waals surface area contributed by atoms with Gasteiger partial charge in [-0.1, -0.05) is 33.7 Å². The molecule has 10 heteroatoms. The molecule has 0 heterocycles. The quantitative estimate of drug-likeness (QED) is 0.402. The van der Waals surface area contributed by atoms with Crippen molar-refractivity contribution in [2.45, 2.75) is 12.8 Å². The first-order valence-electron chi connectivity index (χ1n) is 5.57. The zero-order chi connectivity index (χ0) is 14.5. The third-order valence-corrected chi connectivity index (χ3v) is 6.48. The van der Waals surface area contributed by atoms with Gasteiger partial charge in [-0.25, -0.2) is 0 Å². The molecule has 0 aliphatic heterocycles. The average Bonchev–Trinajstić information content (AvgIpc) is 2.46. The number of hydrogen-bond acceptors (Lipinski definition) is 6. The Balaban J connectivity index is 0.00000220. The van der Waals surface area contributed by atoms with Crippen LogP contribution in [-0.2, 0) is 20.6 Å². The van der Waals surface area contributed by atoms with E-state index in [0.29, 0.717) is 22.6 Å². The molecule has 0 spiro atoms. The van der Waals surface area contributed by atoms with Crippen LogP contribution in [0.4, 0.5) is 0 Å². The van der Waals surface area contributed by atoms with Crippen LogP contribution in [0.15, 0.2) is 46.3 Å². The van der Waals surface area contributed by atoms with Gasteiger partial charge in [0.15, 0.2) is 0 Å². The van der Waals surface area contributed by atoms with Gasteiger partial charge < -0.3 is 0 Å². The van der Waals surface area contributed by atoms with Crippen LogP contribution >= 0.6 is 21.6 Å². The van der Waals surface area contributed by atoms with E-state index in [1.807, 2.05) is 12.2 Å².